The number of rotatable bonds is 5. The summed E-state index contributed by atoms with van der Waals surface area (Å²) in [5.41, 5.74) is 5.84. The Bertz CT molecular complexity index is 344. The van der Waals surface area contributed by atoms with Crippen molar-refractivity contribution >= 4 is 5.78 Å². The van der Waals surface area contributed by atoms with Gasteiger partial charge in [0.25, 0.3) is 0 Å². The summed E-state index contributed by atoms with van der Waals surface area (Å²) in [5, 5.41) is 0. The van der Waals surface area contributed by atoms with Crippen molar-refractivity contribution in [1.29, 1.82) is 0 Å². The van der Waals surface area contributed by atoms with Crippen LogP contribution >= 0.6 is 0 Å². The van der Waals surface area contributed by atoms with Crippen LogP contribution in [0.2, 0.25) is 0 Å². The number of nitrogens with two attached hydrogens (primary N) is 1. The maximum absolute atomic E-state index is 12.7. The van der Waals surface area contributed by atoms with Gasteiger partial charge in [0, 0.05) is 31.3 Å². The molecule has 0 aliphatic carbocycles. The molecule has 0 aliphatic heterocycles. The number of halogens is 1. The lowest BCUT2D eigenvalue weighted by atomic mass is 10.1. The van der Waals surface area contributed by atoms with Gasteiger partial charge in [0.15, 0.2) is 5.78 Å². The zero-order chi connectivity index (χ0) is 11.3. The van der Waals surface area contributed by atoms with Crippen molar-refractivity contribution in [3.8, 4) is 0 Å². The Balaban J connectivity index is 2.61. The van der Waals surface area contributed by atoms with Gasteiger partial charge in [0.05, 0.1) is 12.8 Å². The van der Waals surface area contributed by atoms with Gasteiger partial charge in [-0.15, -0.1) is 0 Å². The minimum Gasteiger partial charge on any atom is -0.383 e. The van der Waals surface area contributed by atoms with Crippen LogP contribution in [0.4, 0.5) is 4.39 Å². The fourth-order valence-electron chi connectivity index (χ4n) is 1.19. The minimum atomic E-state index is -0.527. The van der Waals surface area contributed by atoms with Crippen molar-refractivity contribution < 1.29 is 13.9 Å². The standard InChI is InChI=1S/C10H13FN2O2/c1-15-6-9(12)3-10(14)7-2-8(11)5-13-4-7/h2,4-5,9H,3,6,12H2,1H3. The molecule has 1 atom stereocenters. The number of nitrogens with zero attached hydrogens (tertiary/aromatic N) is 1. The first-order valence-electron chi connectivity index (χ1n) is 4.51. The van der Waals surface area contributed by atoms with E-state index in [0.29, 0.717) is 6.61 Å². The smallest absolute Gasteiger partial charge is 0.166 e. The van der Waals surface area contributed by atoms with Crippen molar-refractivity contribution in [1.82, 2.24) is 4.98 Å². The highest BCUT2D eigenvalue weighted by Crippen LogP contribution is 2.05. The molecule has 1 rings (SSSR count). The van der Waals surface area contributed by atoms with E-state index in [0.717, 1.165) is 12.3 Å². The average molecular weight is 212 g/mol. The summed E-state index contributed by atoms with van der Waals surface area (Å²) in [4.78, 5) is 15.1. The van der Waals surface area contributed by atoms with Gasteiger partial charge in [0.2, 0.25) is 0 Å². The van der Waals surface area contributed by atoms with Crippen LogP contribution in [0.1, 0.15) is 16.8 Å². The molecule has 0 fully saturated rings. The molecule has 1 heterocycles. The van der Waals surface area contributed by atoms with Crippen molar-refractivity contribution in [2.75, 3.05) is 13.7 Å². The molecule has 1 aromatic heterocycles. The van der Waals surface area contributed by atoms with Crippen LogP contribution in [0.3, 0.4) is 0 Å². The van der Waals surface area contributed by atoms with Gasteiger partial charge in [-0.25, -0.2) is 4.39 Å². The Morgan fingerprint density at radius 3 is 3.00 bits per heavy atom. The monoisotopic (exact) mass is 212 g/mol. The first-order valence-corrected chi connectivity index (χ1v) is 4.51. The molecule has 0 amide bonds. The third kappa shape index (κ3) is 3.73. The number of methoxy groups -OCH3 is 1. The van der Waals surface area contributed by atoms with Crippen LogP contribution in [-0.2, 0) is 4.74 Å². The Labute approximate surface area is 87.3 Å². The molecular formula is C10H13FN2O2. The van der Waals surface area contributed by atoms with Gasteiger partial charge in [-0.1, -0.05) is 0 Å². The topological polar surface area (TPSA) is 65.2 Å². The lowest BCUT2D eigenvalue weighted by Crippen LogP contribution is -2.28. The van der Waals surface area contributed by atoms with E-state index in [4.69, 9.17) is 10.5 Å². The molecular weight excluding hydrogens is 199 g/mol. The van der Waals surface area contributed by atoms with Crippen LogP contribution in [0.15, 0.2) is 18.5 Å². The summed E-state index contributed by atoms with van der Waals surface area (Å²) in [5.74, 6) is -0.757. The lowest BCUT2D eigenvalue weighted by molar-refractivity contribution is 0.0948. The van der Waals surface area contributed by atoms with Crippen molar-refractivity contribution in [2.24, 2.45) is 5.73 Å². The summed E-state index contributed by atoms with van der Waals surface area (Å²) in [6, 6.07) is 0.778. The number of carbonyl (C=O) groups excluding carboxylic acids is 1. The van der Waals surface area contributed by atoms with Gasteiger partial charge in [0.1, 0.15) is 5.82 Å². The number of hydrogen-bond acceptors (Lipinski definition) is 4. The molecule has 0 saturated heterocycles. The predicted octanol–water partition coefficient (Wildman–Crippen LogP) is 0.767. The van der Waals surface area contributed by atoms with Gasteiger partial charge >= 0.3 is 0 Å². The van der Waals surface area contributed by atoms with Crippen molar-refractivity contribution in [2.45, 2.75) is 12.5 Å². The van der Waals surface area contributed by atoms with E-state index >= 15 is 0 Å². The summed E-state index contributed by atoms with van der Waals surface area (Å²) < 4.78 is 17.5. The van der Waals surface area contributed by atoms with Crippen molar-refractivity contribution in [3.63, 3.8) is 0 Å². The molecule has 2 N–H and O–H groups in total. The highest BCUT2D eigenvalue weighted by molar-refractivity contribution is 5.96. The fourth-order valence-corrected chi connectivity index (χ4v) is 1.19. The number of carbonyl (C=O) groups is 1. The van der Waals surface area contributed by atoms with Crippen LogP contribution in [0.25, 0.3) is 0 Å². The molecule has 15 heavy (non-hydrogen) atoms. The Morgan fingerprint density at radius 1 is 1.67 bits per heavy atom. The Hall–Kier alpha value is -1.33. The van der Waals surface area contributed by atoms with E-state index in [-0.39, 0.29) is 23.8 Å². The molecule has 1 aromatic rings. The minimum absolute atomic E-state index is 0.124. The summed E-state index contributed by atoms with van der Waals surface area (Å²) >= 11 is 0. The fraction of sp³-hybridized carbons (Fsp3) is 0.400. The molecule has 0 aliphatic rings. The second kappa shape index (κ2) is 5.53. The van der Waals surface area contributed by atoms with Gasteiger partial charge < -0.3 is 10.5 Å². The Kier molecular flexibility index (Phi) is 4.33. The van der Waals surface area contributed by atoms with Gasteiger partial charge in [-0.3, -0.25) is 9.78 Å². The van der Waals surface area contributed by atoms with Crippen LogP contribution in [-0.4, -0.2) is 30.5 Å². The number of pyridine rings is 1. The quantitative estimate of drug-likeness (QED) is 0.732. The molecule has 0 aromatic carbocycles. The van der Waals surface area contributed by atoms with E-state index in [1.807, 2.05) is 0 Å². The van der Waals surface area contributed by atoms with Crippen LogP contribution in [0.5, 0.6) is 0 Å². The van der Waals surface area contributed by atoms with Crippen LogP contribution < -0.4 is 5.73 Å². The first-order chi connectivity index (χ1) is 7.13. The van der Waals surface area contributed by atoms with Gasteiger partial charge in [-0.05, 0) is 6.07 Å². The Morgan fingerprint density at radius 2 is 2.40 bits per heavy atom. The molecule has 0 radical (unpaired) electrons. The number of aromatic nitrogens is 1. The number of ketones is 1. The summed E-state index contributed by atoms with van der Waals surface area (Å²) in [6.45, 7) is 0.300. The molecule has 82 valence electrons. The molecule has 4 nitrogen and oxygen atoms in total. The van der Waals surface area contributed by atoms with E-state index in [1.165, 1.54) is 13.3 Å². The SMILES string of the molecule is COCC(N)CC(=O)c1cncc(F)c1. The zero-order valence-corrected chi connectivity index (χ0v) is 8.44. The number of ether oxygens (including phenoxy) is 1. The summed E-state index contributed by atoms with van der Waals surface area (Å²) in [7, 11) is 1.51. The molecule has 0 bridgehead atoms. The van der Waals surface area contributed by atoms with Crippen molar-refractivity contribution in [3.05, 3.63) is 29.8 Å². The summed E-state index contributed by atoms with van der Waals surface area (Å²) in [6.07, 6.45) is 2.50. The normalized spacial score (nSPS) is 12.5. The lowest BCUT2D eigenvalue weighted by Gasteiger charge is -2.08. The molecule has 0 saturated carbocycles. The third-order valence-corrected chi connectivity index (χ3v) is 1.86. The maximum atomic E-state index is 12.7. The molecule has 1 unspecified atom stereocenters. The van der Waals surface area contributed by atoms with E-state index in [9.17, 15) is 9.18 Å². The second-order valence-corrected chi connectivity index (χ2v) is 3.23. The van der Waals surface area contributed by atoms with Crippen LogP contribution in [0, 0.1) is 5.82 Å². The van der Waals surface area contributed by atoms with Gasteiger partial charge in [-0.2, -0.15) is 0 Å². The molecule has 0 spiro atoms. The highest BCUT2D eigenvalue weighted by atomic mass is 19.1. The largest absolute Gasteiger partial charge is 0.383 e. The first kappa shape index (κ1) is 11.7. The second-order valence-electron chi connectivity index (χ2n) is 3.23. The third-order valence-electron chi connectivity index (χ3n) is 1.86. The number of Topliss-reactive ketones (excluding diaryl/α,β-unsaturated/α-hetero) is 1. The number of hydrogen-bond donors (Lipinski definition) is 1. The highest BCUT2D eigenvalue weighted by Gasteiger charge is 2.12. The predicted molar refractivity (Wildman–Crippen MR) is 53.0 cm³/mol. The van der Waals surface area contributed by atoms with E-state index < -0.39 is 5.82 Å². The van der Waals surface area contributed by atoms with E-state index in [2.05, 4.69) is 4.98 Å². The molecule has 5 heteroatoms. The average Bonchev–Trinajstić information content (AvgIpc) is 2.18. The maximum Gasteiger partial charge on any atom is 0.166 e. The zero-order valence-electron chi connectivity index (χ0n) is 8.44. The van der Waals surface area contributed by atoms with E-state index in [1.54, 1.807) is 0 Å².